The first-order valence-corrected chi connectivity index (χ1v) is 6.50. The van der Waals surface area contributed by atoms with Gasteiger partial charge in [0, 0.05) is 12.3 Å². The lowest BCUT2D eigenvalue weighted by Gasteiger charge is -2.26. The molecule has 0 unspecified atom stereocenters. The third-order valence-electron chi connectivity index (χ3n) is 3.66. The summed E-state index contributed by atoms with van der Waals surface area (Å²) in [6, 6.07) is 0. The van der Waals surface area contributed by atoms with Crippen LogP contribution in [0.2, 0.25) is 0 Å². The van der Waals surface area contributed by atoms with Crippen LogP contribution in [0.1, 0.15) is 58.3 Å². The van der Waals surface area contributed by atoms with E-state index >= 15 is 0 Å². The summed E-state index contributed by atoms with van der Waals surface area (Å²) in [4.78, 5) is 11.8. The summed E-state index contributed by atoms with van der Waals surface area (Å²) in [5, 5.41) is 0. The molecule has 0 spiro atoms. The highest BCUT2D eigenvalue weighted by molar-refractivity contribution is 5.80. The molecule has 2 N–H and O–H groups in total. The molecule has 0 atom stereocenters. The van der Waals surface area contributed by atoms with Crippen molar-refractivity contribution in [3.8, 4) is 0 Å². The average Bonchev–Trinajstić information content (AvgIpc) is 2.29. The van der Waals surface area contributed by atoms with Crippen LogP contribution in [-0.2, 0) is 4.79 Å². The summed E-state index contributed by atoms with van der Waals surface area (Å²) in [5.74, 6) is 1.56. The van der Waals surface area contributed by atoms with Gasteiger partial charge in [0.25, 0.3) is 0 Å². The zero-order chi connectivity index (χ0) is 11.1. The highest BCUT2D eigenvalue weighted by Crippen LogP contribution is 2.29. The van der Waals surface area contributed by atoms with Crippen LogP contribution in [0, 0.1) is 11.8 Å². The molecular formula is C13H25NO. The second-order valence-corrected chi connectivity index (χ2v) is 4.88. The van der Waals surface area contributed by atoms with Crippen LogP contribution in [-0.4, -0.2) is 12.3 Å². The SMILES string of the molecule is CCCCCC(=O)C1CCC(CN)CC1. The summed E-state index contributed by atoms with van der Waals surface area (Å²) < 4.78 is 0. The van der Waals surface area contributed by atoms with Gasteiger partial charge >= 0.3 is 0 Å². The van der Waals surface area contributed by atoms with E-state index in [1.165, 1.54) is 25.7 Å². The third-order valence-corrected chi connectivity index (χ3v) is 3.66. The van der Waals surface area contributed by atoms with Crippen molar-refractivity contribution < 1.29 is 4.79 Å². The van der Waals surface area contributed by atoms with Gasteiger partial charge in [-0.05, 0) is 44.6 Å². The number of carbonyl (C=O) groups is 1. The molecule has 1 fully saturated rings. The predicted molar refractivity (Wildman–Crippen MR) is 63.7 cm³/mol. The molecule has 0 aliphatic heterocycles. The largest absolute Gasteiger partial charge is 0.330 e. The maximum Gasteiger partial charge on any atom is 0.135 e. The second kappa shape index (κ2) is 7.00. The van der Waals surface area contributed by atoms with Gasteiger partial charge in [-0.25, -0.2) is 0 Å². The first kappa shape index (κ1) is 12.7. The predicted octanol–water partition coefficient (Wildman–Crippen LogP) is 2.90. The van der Waals surface area contributed by atoms with Crippen LogP contribution < -0.4 is 5.73 Å². The van der Waals surface area contributed by atoms with E-state index in [2.05, 4.69) is 6.92 Å². The van der Waals surface area contributed by atoms with Crippen molar-refractivity contribution in [2.24, 2.45) is 17.6 Å². The van der Waals surface area contributed by atoms with Crippen LogP contribution in [0.3, 0.4) is 0 Å². The summed E-state index contributed by atoms with van der Waals surface area (Å²) >= 11 is 0. The fourth-order valence-electron chi connectivity index (χ4n) is 2.47. The molecule has 1 aliphatic carbocycles. The van der Waals surface area contributed by atoms with Gasteiger partial charge in [-0.2, -0.15) is 0 Å². The van der Waals surface area contributed by atoms with Gasteiger partial charge in [0.15, 0.2) is 0 Å². The molecule has 0 heterocycles. The van der Waals surface area contributed by atoms with Gasteiger partial charge < -0.3 is 5.73 Å². The fourth-order valence-corrected chi connectivity index (χ4v) is 2.47. The average molecular weight is 211 g/mol. The Labute approximate surface area is 93.6 Å². The smallest absolute Gasteiger partial charge is 0.135 e. The van der Waals surface area contributed by atoms with Crippen molar-refractivity contribution in [2.75, 3.05) is 6.54 Å². The monoisotopic (exact) mass is 211 g/mol. The van der Waals surface area contributed by atoms with Crippen LogP contribution in [0.4, 0.5) is 0 Å². The Bertz CT molecular complexity index is 183. The van der Waals surface area contributed by atoms with Crippen LogP contribution in [0.5, 0.6) is 0 Å². The third kappa shape index (κ3) is 4.33. The highest BCUT2D eigenvalue weighted by Gasteiger charge is 2.24. The number of Topliss-reactive ketones (excluding diaryl/α,β-unsaturated/α-hetero) is 1. The summed E-state index contributed by atoms with van der Waals surface area (Å²) in [7, 11) is 0. The standard InChI is InChI=1S/C13H25NO/c1-2-3-4-5-13(15)12-8-6-11(10-14)7-9-12/h11-12H,2-10,14H2,1H3. The number of rotatable bonds is 6. The van der Waals surface area contributed by atoms with Gasteiger partial charge in [0.05, 0.1) is 0 Å². The van der Waals surface area contributed by atoms with Crippen molar-refractivity contribution in [1.29, 1.82) is 0 Å². The van der Waals surface area contributed by atoms with Crippen LogP contribution >= 0.6 is 0 Å². The van der Waals surface area contributed by atoms with E-state index < -0.39 is 0 Å². The molecule has 1 rings (SSSR count). The minimum Gasteiger partial charge on any atom is -0.330 e. The Morgan fingerprint density at radius 1 is 1.20 bits per heavy atom. The molecule has 88 valence electrons. The van der Waals surface area contributed by atoms with E-state index in [1.807, 2.05) is 0 Å². The van der Waals surface area contributed by atoms with Gasteiger partial charge in [-0.3, -0.25) is 4.79 Å². The Balaban J connectivity index is 2.18. The summed E-state index contributed by atoms with van der Waals surface area (Å²) in [5.41, 5.74) is 5.64. The summed E-state index contributed by atoms with van der Waals surface area (Å²) in [6.45, 7) is 2.98. The minimum absolute atomic E-state index is 0.365. The van der Waals surface area contributed by atoms with Crippen LogP contribution in [0.25, 0.3) is 0 Å². The quantitative estimate of drug-likeness (QED) is 0.686. The van der Waals surface area contributed by atoms with Crippen LogP contribution in [0.15, 0.2) is 0 Å². The molecule has 0 amide bonds. The Morgan fingerprint density at radius 3 is 2.40 bits per heavy atom. The van der Waals surface area contributed by atoms with Gasteiger partial charge in [0.1, 0.15) is 5.78 Å². The molecule has 2 heteroatoms. The molecule has 0 radical (unpaired) electrons. The fraction of sp³-hybridized carbons (Fsp3) is 0.923. The lowest BCUT2D eigenvalue weighted by Crippen LogP contribution is -2.25. The first-order chi connectivity index (χ1) is 7.27. The zero-order valence-corrected chi connectivity index (χ0v) is 10.0. The van der Waals surface area contributed by atoms with E-state index in [0.717, 1.165) is 32.2 Å². The molecule has 0 aromatic carbocycles. The lowest BCUT2D eigenvalue weighted by molar-refractivity contribution is -0.124. The lowest BCUT2D eigenvalue weighted by atomic mass is 9.79. The molecule has 15 heavy (non-hydrogen) atoms. The van der Waals surface area contributed by atoms with Crippen molar-refractivity contribution >= 4 is 5.78 Å². The molecule has 2 nitrogen and oxygen atoms in total. The van der Waals surface area contributed by atoms with Crippen molar-refractivity contribution in [2.45, 2.75) is 58.3 Å². The van der Waals surface area contributed by atoms with E-state index in [1.54, 1.807) is 0 Å². The number of nitrogens with two attached hydrogens (primary N) is 1. The molecule has 0 bridgehead atoms. The Kier molecular flexibility index (Phi) is 5.92. The van der Waals surface area contributed by atoms with Crippen molar-refractivity contribution in [3.05, 3.63) is 0 Å². The van der Waals surface area contributed by atoms with Gasteiger partial charge in [-0.15, -0.1) is 0 Å². The van der Waals surface area contributed by atoms with E-state index in [9.17, 15) is 4.79 Å². The topological polar surface area (TPSA) is 43.1 Å². The number of unbranched alkanes of at least 4 members (excludes halogenated alkanes) is 2. The first-order valence-electron chi connectivity index (χ1n) is 6.50. The van der Waals surface area contributed by atoms with E-state index in [0.29, 0.717) is 17.6 Å². The maximum atomic E-state index is 11.8. The summed E-state index contributed by atoms with van der Waals surface area (Å²) in [6.07, 6.45) is 8.82. The van der Waals surface area contributed by atoms with Crippen molar-refractivity contribution in [1.82, 2.24) is 0 Å². The van der Waals surface area contributed by atoms with Crippen molar-refractivity contribution in [3.63, 3.8) is 0 Å². The Morgan fingerprint density at radius 2 is 1.87 bits per heavy atom. The zero-order valence-electron chi connectivity index (χ0n) is 10.0. The molecule has 1 saturated carbocycles. The second-order valence-electron chi connectivity index (χ2n) is 4.88. The molecule has 1 aliphatic rings. The van der Waals surface area contributed by atoms with Gasteiger partial charge in [-0.1, -0.05) is 19.8 Å². The Hall–Kier alpha value is -0.370. The number of hydrogen-bond donors (Lipinski definition) is 1. The van der Waals surface area contributed by atoms with Gasteiger partial charge in [0.2, 0.25) is 0 Å². The molecule has 0 aromatic heterocycles. The number of carbonyl (C=O) groups excluding carboxylic acids is 1. The minimum atomic E-state index is 0.365. The van der Waals surface area contributed by atoms with E-state index in [4.69, 9.17) is 5.73 Å². The normalized spacial score (nSPS) is 26.5. The molecule has 0 saturated heterocycles. The highest BCUT2D eigenvalue weighted by atomic mass is 16.1. The maximum absolute atomic E-state index is 11.8. The molecular weight excluding hydrogens is 186 g/mol. The number of ketones is 1. The molecule has 0 aromatic rings. The van der Waals surface area contributed by atoms with E-state index in [-0.39, 0.29) is 0 Å². The number of hydrogen-bond acceptors (Lipinski definition) is 2.